The van der Waals surface area contributed by atoms with Crippen molar-refractivity contribution in [1.82, 2.24) is 0 Å². The molecule has 0 aliphatic rings. The molecule has 0 spiro atoms. The zero-order valence-corrected chi connectivity index (χ0v) is 4.13. The van der Waals surface area contributed by atoms with Crippen LogP contribution >= 0.6 is 0 Å². The average molecular weight is 112 g/mol. The van der Waals surface area contributed by atoms with Gasteiger partial charge in [-0.25, -0.2) is 0 Å². The first-order chi connectivity index (χ1) is 3.93. The van der Waals surface area contributed by atoms with Gasteiger partial charge in [0.05, 0.1) is 6.26 Å². The Labute approximate surface area is 47.8 Å². The predicted molar refractivity (Wildman–Crippen MR) is 29.5 cm³/mol. The maximum Gasteiger partial charge on any atom is 1.00 e. The molecule has 0 aromatic carbocycles. The number of anilines is 1. The van der Waals surface area contributed by atoms with Crippen LogP contribution in [-0.2, 0) is 4.79 Å². The lowest BCUT2D eigenvalue weighted by molar-refractivity contribution is -0.105. The molecule has 8 heavy (non-hydrogen) atoms. The molecule has 0 fully saturated rings. The number of nitrogens with one attached hydrogen (secondary N) is 1. The van der Waals surface area contributed by atoms with Crippen molar-refractivity contribution in [2.24, 2.45) is 0 Å². The van der Waals surface area contributed by atoms with Gasteiger partial charge in [0.15, 0.2) is 5.88 Å². The molecule has 0 aliphatic carbocycles. The van der Waals surface area contributed by atoms with E-state index in [9.17, 15) is 4.79 Å². The molecule has 0 radical (unpaired) electrons. The van der Waals surface area contributed by atoms with Gasteiger partial charge in [-0.15, -0.1) is 0 Å². The zero-order valence-electron chi connectivity index (χ0n) is 5.13. The van der Waals surface area contributed by atoms with Crippen molar-refractivity contribution < 1.29 is 10.6 Å². The number of hydrogen-bond donors (Lipinski definition) is 1. The molecule has 1 aromatic rings. The number of amides is 1. The molecule has 0 bridgehead atoms. The van der Waals surface area contributed by atoms with Crippen LogP contribution in [0.1, 0.15) is 1.43 Å². The van der Waals surface area contributed by atoms with E-state index in [1.807, 2.05) is 0 Å². The predicted octanol–water partition coefficient (Wildman–Crippen LogP) is 0.960. The third-order valence-corrected chi connectivity index (χ3v) is 0.722. The summed E-state index contributed by atoms with van der Waals surface area (Å²) >= 11 is 0. The molecule has 1 N–H and O–H groups in total. The minimum atomic E-state index is 0. The molecule has 0 saturated carbocycles. The fourth-order valence-corrected chi connectivity index (χ4v) is 0.419. The minimum Gasteiger partial charge on any atom is -0.449 e. The number of carbonyl (C=O) groups is 1. The van der Waals surface area contributed by atoms with Crippen LogP contribution < -0.4 is 5.32 Å². The van der Waals surface area contributed by atoms with Crippen LogP contribution in [0.2, 0.25) is 0 Å². The number of rotatable bonds is 2. The van der Waals surface area contributed by atoms with E-state index in [1.165, 1.54) is 6.26 Å². The molecular weight excluding hydrogens is 106 g/mol. The standard InChI is InChI=1S/C5H5NO2/c7-4-6-5-2-1-3-8-5/h1-4H,(H,6,7)/p+1. The van der Waals surface area contributed by atoms with Crippen molar-refractivity contribution in [3.8, 4) is 0 Å². The summed E-state index contributed by atoms with van der Waals surface area (Å²) in [5.41, 5.74) is 0. The van der Waals surface area contributed by atoms with Gasteiger partial charge in [0.1, 0.15) is 0 Å². The van der Waals surface area contributed by atoms with E-state index >= 15 is 0 Å². The molecule has 3 heteroatoms. The summed E-state index contributed by atoms with van der Waals surface area (Å²) in [6.45, 7) is 0. The maximum atomic E-state index is 9.70. The van der Waals surface area contributed by atoms with Gasteiger partial charge in [0.2, 0.25) is 6.41 Å². The lowest BCUT2D eigenvalue weighted by Crippen LogP contribution is -1.89. The van der Waals surface area contributed by atoms with Gasteiger partial charge in [0, 0.05) is 6.07 Å². The Morgan fingerprint density at radius 2 is 2.75 bits per heavy atom. The molecule has 0 atom stereocenters. The van der Waals surface area contributed by atoms with Crippen LogP contribution in [0.25, 0.3) is 0 Å². The van der Waals surface area contributed by atoms with Gasteiger partial charge >= 0.3 is 1.43 Å². The second-order valence-corrected chi connectivity index (χ2v) is 1.24. The van der Waals surface area contributed by atoms with Gasteiger partial charge in [0.25, 0.3) is 0 Å². The second kappa shape index (κ2) is 2.16. The fraction of sp³-hybridized carbons (Fsp3) is 0. The normalized spacial score (nSPS) is 8.50. The summed E-state index contributed by atoms with van der Waals surface area (Å²) in [7, 11) is 0. The highest BCUT2D eigenvalue weighted by atomic mass is 16.3. The quantitative estimate of drug-likeness (QED) is 0.579. The van der Waals surface area contributed by atoms with E-state index in [0.717, 1.165) is 0 Å². The van der Waals surface area contributed by atoms with Crippen LogP contribution in [0.3, 0.4) is 0 Å². The molecule has 0 aliphatic heterocycles. The van der Waals surface area contributed by atoms with E-state index in [2.05, 4.69) is 5.32 Å². The Hall–Kier alpha value is -1.25. The Kier molecular flexibility index (Phi) is 1.32. The zero-order chi connectivity index (χ0) is 5.82. The first-order valence-corrected chi connectivity index (χ1v) is 2.17. The van der Waals surface area contributed by atoms with Crippen molar-refractivity contribution in [2.45, 2.75) is 0 Å². The van der Waals surface area contributed by atoms with E-state index in [4.69, 9.17) is 4.42 Å². The van der Waals surface area contributed by atoms with Crippen LogP contribution in [0, 0.1) is 0 Å². The Balaban J connectivity index is 0.000000640. The van der Waals surface area contributed by atoms with Gasteiger partial charge in [-0.1, -0.05) is 0 Å². The second-order valence-electron chi connectivity index (χ2n) is 1.24. The van der Waals surface area contributed by atoms with E-state index in [1.54, 1.807) is 12.1 Å². The first kappa shape index (κ1) is 4.90. The molecule has 1 rings (SSSR count). The molecule has 0 saturated heterocycles. The topological polar surface area (TPSA) is 42.2 Å². The van der Waals surface area contributed by atoms with Gasteiger partial charge < -0.3 is 4.42 Å². The number of furan rings is 1. The molecule has 1 heterocycles. The minimum absolute atomic E-state index is 0. The summed E-state index contributed by atoms with van der Waals surface area (Å²) in [6, 6.07) is 3.36. The van der Waals surface area contributed by atoms with Crippen molar-refractivity contribution in [3.63, 3.8) is 0 Å². The maximum absolute atomic E-state index is 9.70. The monoisotopic (exact) mass is 112 g/mol. The Morgan fingerprint density at radius 3 is 3.25 bits per heavy atom. The highest BCUT2D eigenvalue weighted by Gasteiger charge is 1.86. The van der Waals surface area contributed by atoms with Crippen molar-refractivity contribution in [1.29, 1.82) is 0 Å². The molecule has 42 valence electrons. The average Bonchev–Trinajstić information content (AvgIpc) is 2.19. The van der Waals surface area contributed by atoms with Crippen LogP contribution in [0.15, 0.2) is 22.8 Å². The molecular formula is C5H6NO2+. The molecule has 0 unspecified atom stereocenters. The smallest absolute Gasteiger partial charge is 0.449 e. The van der Waals surface area contributed by atoms with Gasteiger partial charge in [-0.05, 0) is 6.07 Å². The highest BCUT2D eigenvalue weighted by Crippen LogP contribution is 2.03. The lowest BCUT2D eigenvalue weighted by atomic mass is 10.6. The van der Waals surface area contributed by atoms with E-state index < -0.39 is 0 Å². The summed E-state index contributed by atoms with van der Waals surface area (Å²) in [5.74, 6) is 0.472. The summed E-state index contributed by atoms with van der Waals surface area (Å²) in [4.78, 5) is 9.70. The number of carbonyl (C=O) groups excluding carboxylic acids is 1. The fourth-order valence-electron chi connectivity index (χ4n) is 0.419. The van der Waals surface area contributed by atoms with Gasteiger partial charge in [-0.3, -0.25) is 10.1 Å². The van der Waals surface area contributed by atoms with Gasteiger partial charge in [-0.2, -0.15) is 0 Å². The van der Waals surface area contributed by atoms with Crippen LogP contribution in [0.5, 0.6) is 0 Å². The third-order valence-electron chi connectivity index (χ3n) is 0.722. The molecule has 1 aromatic heterocycles. The lowest BCUT2D eigenvalue weighted by Gasteiger charge is -1.84. The van der Waals surface area contributed by atoms with E-state index in [0.29, 0.717) is 12.3 Å². The highest BCUT2D eigenvalue weighted by molar-refractivity contribution is 5.67. The van der Waals surface area contributed by atoms with E-state index in [-0.39, 0.29) is 1.43 Å². The summed E-state index contributed by atoms with van der Waals surface area (Å²) < 4.78 is 4.73. The van der Waals surface area contributed by atoms with Crippen molar-refractivity contribution in [2.75, 3.05) is 5.32 Å². The summed E-state index contributed by atoms with van der Waals surface area (Å²) in [6.07, 6.45) is 2.06. The molecule has 3 nitrogen and oxygen atoms in total. The van der Waals surface area contributed by atoms with Crippen LogP contribution in [-0.4, -0.2) is 6.41 Å². The summed E-state index contributed by atoms with van der Waals surface area (Å²) in [5, 5.41) is 2.34. The van der Waals surface area contributed by atoms with Crippen LogP contribution in [0.4, 0.5) is 5.88 Å². The van der Waals surface area contributed by atoms with Crippen molar-refractivity contribution >= 4 is 12.3 Å². The Bertz CT molecular complexity index is 161. The van der Waals surface area contributed by atoms with Crippen molar-refractivity contribution in [3.05, 3.63) is 18.4 Å². The largest absolute Gasteiger partial charge is 1.00 e. The number of hydrogen-bond acceptors (Lipinski definition) is 2. The third kappa shape index (κ3) is 0.872. The first-order valence-electron chi connectivity index (χ1n) is 2.17. The Morgan fingerprint density at radius 1 is 1.88 bits per heavy atom. The molecule has 1 amide bonds. The SMILES string of the molecule is O=CNc1ccco1.[H+].